The number of nitrogens with zero attached hydrogens (tertiary/aromatic N) is 4. The van der Waals surface area contributed by atoms with Gasteiger partial charge >= 0.3 is 0 Å². The van der Waals surface area contributed by atoms with Gasteiger partial charge in [0.25, 0.3) is 0 Å². The fourth-order valence-corrected chi connectivity index (χ4v) is 5.81. The van der Waals surface area contributed by atoms with Gasteiger partial charge in [-0.1, -0.05) is 37.6 Å². The number of rotatable bonds is 9. The Balaban J connectivity index is 1.18. The van der Waals surface area contributed by atoms with Gasteiger partial charge in [0.15, 0.2) is 0 Å². The third-order valence-electron chi connectivity index (χ3n) is 8.08. The molecule has 208 valence electrons. The van der Waals surface area contributed by atoms with Crippen molar-refractivity contribution >= 4 is 11.4 Å². The SMILES string of the molecule is COc1cc(CC(C)C)ccc1COc1ccc2c(c1)CCC(CN1CCN(c3ccc(C#N)cn3)CC1)=C2C. The van der Waals surface area contributed by atoms with Crippen LogP contribution in [0, 0.1) is 17.2 Å². The van der Waals surface area contributed by atoms with Crippen LogP contribution in [0.3, 0.4) is 0 Å². The van der Waals surface area contributed by atoms with Crippen LogP contribution in [0.2, 0.25) is 0 Å². The number of pyridine rings is 1. The molecule has 6 nitrogen and oxygen atoms in total. The molecule has 2 heterocycles. The Morgan fingerprint density at radius 2 is 1.82 bits per heavy atom. The van der Waals surface area contributed by atoms with Crippen molar-refractivity contribution in [1.82, 2.24) is 9.88 Å². The van der Waals surface area contributed by atoms with Crippen molar-refractivity contribution in [2.24, 2.45) is 5.92 Å². The van der Waals surface area contributed by atoms with Gasteiger partial charge in [0.05, 0.1) is 12.7 Å². The van der Waals surface area contributed by atoms with Gasteiger partial charge in [0, 0.05) is 44.5 Å². The number of hydrogen-bond donors (Lipinski definition) is 0. The summed E-state index contributed by atoms with van der Waals surface area (Å²) in [5.74, 6) is 3.38. The van der Waals surface area contributed by atoms with Crippen LogP contribution in [-0.2, 0) is 19.4 Å². The molecule has 0 unspecified atom stereocenters. The number of methoxy groups -OCH3 is 1. The minimum absolute atomic E-state index is 0.494. The maximum Gasteiger partial charge on any atom is 0.128 e. The smallest absolute Gasteiger partial charge is 0.128 e. The van der Waals surface area contributed by atoms with Gasteiger partial charge in [0.1, 0.15) is 30.0 Å². The van der Waals surface area contributed by atoms with Crippen LogP contribution in [0.5, 0.6) is 11.5 Å². The summed E-state index contributed by atoms with van der Waals surface area (Å²) in [5, 5.41) is 9.01. The maximum absolute atomic E-state index is 9.01. The highest BCUT2D eigenvalue weighted by molar-refractivity contribution is 5.72. The second-order valence-electron chi connectivity index (χ2n) is 11.4. The standard InChI is InChI=1S/C34H40N4O2/c1-24(2)17-26-5-7-30(33(18-26)39-4)23-40-31-10-11-32-25(3)29(9-8-28(32)19-31)22-37-13-15-38(16-14-37)34-12-6-27(20-35)21-36-34/h5-7,10-12,18-19,21,24H,8-9,13-17,22-23H2,1-4H3. The van der Waals surface area contributed by atoms with Crippen molar-refractivity contribution in [3.05, 3.63) is 88.1 Å². The average molecular weight is 537 g/mol. The molecule has 5 rings (SSSR count). The zero-order chi connectivity index (χ0) is 28.1. The summed E-state index contributed by atoms with van der Waals surface area (Å²) in [6.07, 6.45) is 4.84. The molecule has 0 saturated carbocycles. The first-order valence-electron chi connectivity index (χ1n) is 14.4. The van der Waals surface area contributed by atoms with Crippen LogP contribution in [0.25, 0.3) is 5.57 Å². The van der Waals surface area contributed by atoms with Crippen LogP contribution in [0.4, 0.5) is 5.82 Å². The number of ether oxygens (including phenoxy) is 2. The minimum Gasteiger partial charge on any atom is -0.496 e. The van der Waals surface area contributed by atoms with E-state index in [1.807, 2.05) is 12.1 Å². The van der Waals surface area contributed by atoms with E-state index in [2.05, 4.69) is 78.0 Å². The zero-order valence-corrected chi connectivity index (χ0v) is 24.2. The highest BCUT2D eigenvalue weighted by atomic mass is 16.5. The third-order valence-corrected chi connectivity index (χ3v) is 8.08. The molecular weight excluding hydrogens is 496 g/mol. The second kappa shape index (κ2) is 12.6. The Hall–Kier alpha value is -3.82. The number of aryl methyl sites for hydroxylation is 1. The van der Waals surface area contributed by atoms with Crippen LogP contribution in [0.15, 0.2) is 60.3 Å². The predicted octanol–water partition coefficient (Wildman–Crippen LogP) is 6.28. The Bertz CT molecular complexity index is 1400. The zero-order valence-electron chi connectivity index (χ0n) is 24.2. The Labute approximate surface area is 238 Å². The van der Waals surface area contributed by atoms with E-state index in [1.54, 1.807) is 13.3 Å². The lowest BCUT2D eigenvalue weighted by molar-refractivity contribution is 0.275. The summed E-state index contributed by atoms with van der Waals surface area (Å²) in [6, 6.07) is 19.0. The summed E-state index contributed by atoms with van der Waals surface area (Å²) < 4.78 is 11.9. The number of nitriles is 1. The summed E-state index contributed by atoms with van der Waals surface area (Å²) in [7, 11) is 1.73. The van der Waals surface area contributed by atoms with E-state index < -0.39 is 0 Å². The van der Waals surface area contributed by atoms with Crippen molar-refractivity contribution in [2.45, 2.75) is 46.6 Å². The number of allylic oxidation sites excluding steroid dienone is 1. The summed E-state index contributed by atoms with van der Waals surface area (Å²) >= 11 is 0. The number of fused-ring (bicyclic) bond motifs is 1. The van der Waals surface area contributed by atoms with Crippen molar-refractivity contribution < 1.29 is 9.47 Å². The topological polar surface area (TPSA) is 61.6 Å². The molecule has 3 aromatic rings. The Morgan fingerprint density at radius 1 is 1.00 bits per heavy atom. The first kappa shape index (κ1) is 27.7. The minimum atomic E-state index is 0.494. The molecule has 1 fully saturated rings. The molecule has 0 amide bonds. The van der Waals surface area contributed by atoms with E-state index in [0.717, 1.165) is 74.9 Å². The van der Waals surface area contributed by atoms with E-state index in [1.165, 1.54) is 27.8 Å². The molecule has 0 spiro atoms. The molecule has 2 aliphatic rings. The highest BCUT2D eigenvalue weighted by Crippen LogP contribution is 2.34. The molecule has 0 radical (unpaired) electrons. The lowest BCUT2D eigenvalue weighted by Crippen LogP contribution is -2.47. The Morgan fingerprint density at radius 3 is 2.52 bits per heavy atom. The van der Waals surface area contributed by atoms with Crippen molar-refractivity contribution in [2.75, 3.05) is 44.7 Å². The van der Waals surface area contributed by atoms with Gasteiger partial charge < -0.3 is 14.4 Å². The maximum atomic E-state index is 9.01. The van der Waals surface area contributed by atoms with Crippen LogP contribution >= 0.6 is 0 Å². The predicted molar refractivity (Wildman–Crippen MR) is 161 cm³/mol. The number of piperazine rings is 1. The molecule has 0 bridgehead atoms. The Kier molecular flexibility index (Phi) is 8.72. The van der Waals surface area contributed by atoms with Gasteiger partial charge in [-0.25, -0.2) is 4.98 Å². The van der Waals surface area contributed by atoms with Gasteiger partial charge in [0.2, 0.25) is 0 Å². The van der Waals surface area contributed by atoms with Crippen molar-refractivity contribution in [1.29, 1.82) is 5.26 Å². The van der Waals surface area contributed by atoms with E-state index >= 15 is 0 Å². The third kappa shape index (κ3) is 6.48. The highest BCUT2D eigenvalue weighted by Gasteiger charge is 2.22. The molecule has 2 aromatic carbocycles. The first-order valence-corrected chi connectivity index (χ1v) is 14.4. The molecule has 0 N–H and O–H groups in total. The number of aromatic nitrogens is 1. The molecule has 1 aromatic heterocycles. The fraction of sp³-hybridized carbons (Fsp3) is 0.412. The fourth-order valence-electron chi connectivity index (χ4n) is 5.81. The summed E-state index contributed by atoms with van der Waals surface area (Å²) in [4.78, 5) is 9.34. The second-order valence-corrected chi connectivity index (χ2v) is 11.4. The monoisotopic (exact) mass is 536 g/mol. The van der Waals surface area contributed by atoms with Gasteiger partial charge in [-0.15, -0.1) is 0 Å². The van der Waals surface area contributed by atoms with Gasteiger partial charge in [-0.2, -0.15) is 5.26 Å². The number of anilines is 1. The molecular formula is C34H40N4O2. The average Bonchev–Trinajstić information content (AvgIpc) is 2.98. The lowest BCUT2D eigenvalue weighted by atomic mass is 9.86. The van der Waals surface area contributed by atoms with Gasteiger partial charge in [-0.05, 0) is 84.7 Å². The molecule has 0 atom stereocenters. The lowest BCUT2D eigenvalue weighted by Gasteiger charge is -2.36. The van der Waals surface area contributed by atoms with E-state index in [9.17, 15) is 0 Å². The normalized spacial score (nSPS) is 15.7. The van der Waals surface area contributed by atoms with Crippen LogP contribution in [-0.4, -0.2) is 49.7 Å². The summed E-state index contributed by atoms with van der Waals surface area (Å²) in [5.41, 5.74) is 8.64. The molecule has 6 heteroatoms. The van der Waals surface area contributed by atoms with Crippen LogP contribution < -0.4 is 14.4 Å². The van der Waals surface area contributed by atoms with E-state index in [0.29, 0.717) is 18.1 Å². The van der Waals surface area contributed by atoms with Crippen LogP contribution in [0.1, 0.15) is 55.0 Å². The molecule has 1 saturated heterocycles. The first-order chi connectivity index (χ1) is 19.4. The largest absolute Gasteiger partial charge is 0.496 e. The van der Waals surface area contributed by atoms with E-state index in [4.69, 9.17) is 14.7 Å². The van der Waals surface area contributed by atoms with Crippen molar-refractivity contribution in [3.8, 4) is 17.6 Å². The quantitative estimate of drug-likeness (QED) is 0.321. The summed E-state index contributed by atoms with van der Waals surface area (Å²) in [6.45, 7) is 12.2. The molecule has 40 heavy (non-hydrogen) atoms. The van der Waals surface area contributed by atoms with Gasteiger partial charge in [-0.3, -0.25) is 4.90 Å². The molecule has 1 aliphatic carbocycles. The number of hydrogen-bond acceptors (Lipinski definition) is 6. The van der Waals surface area contributed by atoms with E-state index in [-0.39, 0.29) is 0 Å². The van der Waals surface area contributed by atoms with Crippen molar-refractivity contribution in [3.63, 3.8) is 0 Å². The molecule has 1 aliphatic heterocycles. The number of benzene rings is 2.